The molecule has 0 aromatic heterocycles. The van der Waals surface area contributed by atoms with Gasteiger partial charge in [0.05, 0.1) is 17.2 Å². The van der Waals surface area contributed by atoms with Gasteiger partial charge < -0.3 is 4.74 Å². The molecule has 0 saturated carbocycles. The van der Waals surface area contributed by atoms with E-state index in [0.29, 0.717) is 17.2 Å². The van der Waals surface area contributed by atoms with Gasteiger partial charge in [-0.05, 0) is 19.1 Å². The zero-order valence-electron chi connectivity index (χ0n) is 6.71. The van der Waals surface area contributed by atoms with E-state index >= 15 is 0 Å². The summed E-state index contributed by atoms with van der Waals surface area (Å²) < 4.78 is 4.79. The van der Waals surface area contributed by atoms with Gasteiger partial charge in [0.25, 0.3) is 0 Å². The molecular weight excluding hydrogens is 176 g/mol. The second-order valence-electron chi connectivity index (χ2n) is 2.20. The van der Waals surface area contributed by atoms with Crippen molar-refractivity contribution in [1.82, 2.24) is 0 Å². The third-order valence-electron chi connectivity index (χ3n) is 1.37. The lowest BCUT2D eigenvalue weighted by atomic mass is 10.2. The molecule has 0 N–H and O–H groups in total. The van der Waals surface area contributed by atoms with Gasteiger partial charge in [0.15, 0.2) is 0 Å². The summed E-state index contributed by atoms with van der Waals surface area (Å²) in [5.74, 6) is -0.372. The van der Waals surface area contributed by atoms with Gasteiger partial charge in [-0.2, -0.15) is 0 Å². The van der Waals surface area contributed by atoms with Crippen LogP contribution in [0.1, 0.15) is 17.3 Å². The molecule has 0 aliphatic carbocycles. The highest BCUT2D eigenvalue weighted by atomic mass is 35.5. The fourth-order valence-corrected chi connectivity index (χ4v) is 1.05. The predicted molar refractivity (Wildman–Crippen MR) is 47.4 cm³/mol. The molecule has 0 atom stereocenters. The highest BCUT2D eigenvalue weighted by molar-refractivity contribution is 6.33. The van der Waals surface area contributed by atoms with Crippen molar-refractivity contribution in [2.75, 3.05) is 6.61 Å². The van der Waals surface area contributed by atoms with Crippen LogP contribution in [0, 0.1) is 0 Å². The van der Waals surface area contributed by atoms with E-state index in [1.54, 1.807) is 31.2 Å². The van der Waals surface area contributed by atoms with Crippen LogP contribution in [0.3, 0.4) is 0 Å². The van der Waals surface area contributed by atoms with Gasteiger partial charge in [0.1, 0.15) is 0 Å². The van der Waals surface area contributed by atoms with E-state index in [0.717, 1.165) is 0 Å². The Labute approximate surface area is 76.1 Å². The van der Waals surface area contributed by atoms with Crippen molar-refractivity contribution < 1.29 is 9.53 Å². The van der Waals surface area contributed by atoms with E-state index in [4.69, 9.17) is 16.3 Å². The van der Waals surface area contributed by atoms with E-state index in [9.17, 15) is 4.79 Å². The molecule has 0 aliphatic heterocycles. The normalized spacial score (nSPS) is 9.50. The smallest absolute Gasteiger partial charge is 0.339 e. The largest absolute Gasteiger partial charge is 0.462 e. The van der Waals surface area contributed by atoms with E-state index in [-0.39, 0.29) is 5.97 Å². The van der Waals surface area contributed by atoms with Gasteiger partial charge in [0, 0.05) is 0 Å². The maximum absolute atomic E-state index is 11.2. The van der Waals surface area contributed by atoms with Crippen LogP contribution in [0.15, 0.2) is 24.3 Å². The Morgan fingerprint density at radius 2 is 2.17 bits per heavy atom. The summed E-state index contributed by atoms with van der Waals surface area (Å²) in [6.07, 6.45) is 0. The van der Waals surface area contributed by atoms with Gasteiger partial charge in [-0.3, -0.25) is 0 Å². The summed E-state index contributed by atoms with van der Waals surface area (Å²) in [5.41, 5.74) is 0.418. The summed E-state index contributed by atoms with van der Waals surface area (Å²) >= 11 is 5.75. The average Bonchev–Trinajstić information content (AvgIpc) is 2.05. The Kier molecular flexibility index (Phi) is 3.11. The van der Waals surface area contributed by atoms with Crippen LogP contribution in [0.5, 0.6) is 0 Å². The molecular formula is C9H9ClO2. The number of carbonyl (C=O) groups excluding carboxylic acids is 1. The molecule has 2 nitrogen and oxygen atoms in total. The molecule has 0 bridgehead atoms. The fourth-order valence-electron chi connectivity index (χ4n) is 0.836. The summed E-state index contributed by atoms with van der Waals surface area (Å²) in [5, 5.41) is 0.427. The maximum Gasteiger partial charge on any atom is 0.339 e. The molecule has 3 heteroatoms. The number of ether oxygens (including phenoxy) is 1. The number of benzene rings is 1. The summed E-state index contributed by atoms with van der Waals surface area (Å²) in [4.78, 5) is 11.2. The molecule has 1 aromatic carbocycles. The second kappa shape index (κ2) is 4.12. The van der Waals surface area contributed by atoms with Crippen molar-refractivity contribution >= 4 is 17.6 Å². The number of hydrogen-bond donors (Lipinski definition) is 0. The Morgan fingerprint density at radius 1 is 1.50 bits per heavy atom. The minimum atomic E-state index is -0.372. The monoisotopic (exact) mass is 184 g/mol. The molecule has 0 spiro atoms. The molecule has 0 saturated heterocycles. The molecule has 0 radical (unpaired) electrons. The topological polar surface area (TPSA) is 26.3 Å². The van der Waals surface area contributed by atoms with Crippen molar-refractivity contribution in [3.05, 3.63) is 34.9 Å². The van der Waals surface area contributed by atoms with Crippen molar-refractivity contribution in [3.8, 4) is 0 Å². The minimum absolute atomic E-state index is 0.365. The zero-order chi connectivity index (χ0) is 8.97. The van der Waals surface area contributed by atoms with Gasteiger partial charge in [-0.25, -0.2) is 4.79 Å². The molecule has 1 aromatic rings. The Bertz CT molecular complexity index is 284. The number of carbonyl (C=O) groups is 1. The van der Waals surface area contributed by atoms with Crippen molar-refractivity contribution in [2.45, 2.75) is 6.92 Å². The van der Waals surface area contributed by atoms with Crippen LogP contribution >= 0.6 is 11.6 Å². The number of esters is 1. The minimum Gasteiger partial charge on any atom is -0.462 e. The lowest BCUT2D eigenvalue weighted by Crippen LogP contribution is -2.04. The number of hydrogen-bond acceptors (Lipinski definition) is 2. The molecule has 0 fully saturated rings. The van der Waals surface area contributed by atoms with Crippen LogP contribution in [-0.4, -0.2) is 12.6 Å². The lowest BCUT2D eigenvalue weighted by Gasteiger charge is -2.02. The van der Waals surface area contributed by atoms with Crippen LogP contribution in [0.4, 0.5) is 0 Å². The van der Waals surface area contributed by atoms with Gasteiger partial charge >= 0.3 is 5.97 Å². The van der Waals surface area contributed by atoms with Crippen molar-refractivity contribution in [1.29, 1.82) is 0 Å². The quantitative estimate of drug-likeness (QED) is 0.661. The summed E-state index contributed by atoms with van der Waals surface area (Å²) in [7, 11) is 0. The predicted octanol–water partition coefficient (Wildman–Crippen LogP) is 2.52. The van der Waals surface area contributed by atoms with Gasteiger partial charge in [0.2, 0.25) is 0 Å². The maximum atomic E-state index is 11.2. The van der Waals surface area contributed by atoms with Gasteiger partial charge in [-0.15, -0.1) is 0 Å². The highest BCUT2D eigenvalue weighted by Crippen LogP contribution is 2.15. The first-order valence-corrected chi connectivity index (χ1v) is 4.05. The van der Waals surface area contributed by atoms with E-state index in [1.165, 1.54) is 0 Å². The SMILES string of the molecule is CCOC(=O)c1ccccc1Cl. The standard InChI is InChI=1S/C9H9ClO2/c1-2-12-9(11)7-5-3-4-6-8(7)10/h3-6H,2H2,1H3. The van der Waals surface area contributed by atoms with Crippen LogP contribution in [0.2, 0.25) is 5.02 Å². The lowest BCUT2D eigenvalue weighted by molar-refractivity contribution is 0.0526. The molecule has 12 heavy (non-hydrogen) atoms. The van der Waals surface area contributed by atoms with Crippen LogP contribution < -0.4 is 0 Å². The Balaban J connectivity index is 2.87. The van der Waals surface area contributed by atoms with Crippen molar-refractivity contribution in [3.63, 3.8) is 0 Å². The number of halogens is 1. The Morgan fingerprint density at radius 3 is 2.75 bits per heavy atom. The molecule has 0 unspecified atom stereocenters. The third-order valence-corrected chi connectivity index (χ3v) is 1.70. The average molecular weight is 185 g/mol. The molecule has 64 valence electrons. The van der Waals surface area contributed by atoms with Crippen LogP contribution in [-0.2, 0) is 4.74 Å². The second-order valence-corrected chi connectivity index (χ2v) is 2.61. The van der Waals surface area contributed by atoms with Crippen molar-refractivity contribution in [2.24, 2.45) is 0 Å². The first kappa shape index (κ1) is 9.07. The fraction of sp³-hybridized carbons (Fsp3) is 0.222. The first-order valence-electron chi connectivity index (χ1n) is 3.67. The van der Waals surface area contributed by atoms with Crippen LogP contribution in [0.25, 0.3) is 0 Å². The molecule has 0 heterocycles. The molecule has 1 rings (SSSR count). The Hall–Kier alpha value is -1.02. The van der Waals surface area contributed by atoms with E-state index < -0.39 is 0 Å². The molecule has 0 aliphatic rings. The summed E-state index contributed by atoms with van der Waals surface area (Å²) in [6.45, 7) is 2.12. The summed E-state index contributed by atoms with van der Waals surface area (Å²) in [6, 6.07) is 6.82. The first-order chi connectivity index (χ1) is 5.75. The van der Waals surface area contributed by atoms with E-state index in [2.05, 4.69) is 0 Å². The highest BCUT2D eigenvalue weighted by Gasteiger charge is 2.08. The molecule has 0 amide bonds. The third kappa shape index (κ3) is 1.98. The number of rotatable bonds is 2. The van der Waals surface area contributed by atoms with E-state index in [1.807, 2.05) is 0 Å². The zero-order valence-corrected chi connectivity index (χ0v) is 7.47. The van der Waals surface area contributed by atoms with Gasteiger partial charge in [-0.1, -0.05) is 23.7 Å².